The largest absolute Gasteiger partial charge is 0.497 e. The third kappa shape index (κ3) is 5.43. The van der Waals surface area contributed by atoms with E-state index >= 15 is 0 Å². The van der Waals surface area contributed by atoms with Crippen molar-refractivity contribution in [3.63, 3.8) is 0 Å². The minimum atomic E-state index is -0.890. The summed E-state index contributed by atoms with van der Waals surface area (Å²) in [5, 5.41) is 10.3. The van der Waals surface area contributed by atoms with Gasteiger partial charge in [-0.15, -0.1) is 0 Å². The Hall–Kier alpha value is -2.24. The molecule has 0 bridgehead atoms. The highest BCUT2D eigenvalue weighted by molar-refractivity contribution is 6.30. The van der Waals surface area contributed by atoms with Gasteiger partial charge in [-0.1, -0.05) is 49.2 Å². The van der Waals surface area contributed by atoms with E-state index < -0.39 is 6.09 Å². The van der Waals surface area contributed by atoms with E-state index in [0.29, 0.717) is 24.7 Å². The fourth-order valence-corrected chi connectivity index (χ4v) is 4.28. The van der Waals surface area contributed by atoms with Crippen LogP contribution in [0.5, 0.6) is 5.75 Å². The second kappa shape index (κ2) is 9.99. The molecule has 1 amide bonds. The molecule has 2 aromatic carbocycles. The van der Waals surface area contributed by atoms with Gasteiger partial charge in [-0.25, -0.2) is 4.79 Å². The molecule has 0 aliphatic carbocycles. The molecule has 3 unspecified atom stereocenters. The molecule has 1 aliphatic heterocycles. The van der Waals surface area contributed by atoms with Gasteiger partial charge in [0.15, 0.2) is 0 Å². The minimum Gasteiger partial charge on any atom is -0.497 e. The third-order valence-corrected chi connectivity index (χ3v) is 5.82. The Bertz CT molecular complexity index is 794. The Balaban J connectivity index is 1.84. The number of hydrogen-bond donors (Lipinski definition) is 1. The summed E-state index contributed by atoms with van der Waals surface area (Å²) in [6.07, 6.45) is 0.825. The zero-order valence-corrected chi connectivity index (χ0v) is 17.6. The van der Waals surface area contributed by atoms with Gasteiger partial charge in [0.05, 0.1) is 26.4 Å². The lowest BCUT2D eigenvalue weighted by molar-refractivity contribution is -0.0409. The molecule has 3 rings (SSSR count). The maximum Gasteiger partial charge on any atom is 0.407 e. The van der Waals surface area contributed by atoms with Gasteiger partial charge in [-0.05, 0) is 47.7 Å². The number of likely N-dealkylation sites (tertiary alicyclic amines) is 1. The van der Waals surface area contributed by atoms with Crippen molar-refractivity contribution in [3.8, 4) is 5.75 Å². The van der Waals surface area contributed by atoms with Crippen molar-refractivity contribution in [2.45, 2.75) is 38.4 Å². The van der Waals surface area contributed by atoms with Crippen LogP contribution in [-0.4, -0.2) is 42.4 Å². The number of nitrogens with zero attached hydrogens (tertiary/aromatic N) is 1. The number of piperidine rings is 1. The van der Waals surface area contributed by atoms with Gasteiger partial charge in [0.2, 0.25) is 0 Å². The average molecular weight is 418 g/mol. The number of benzene rings is 2. The molecule has 1 saturated heterocycles. The Kier molecular flexibility index (Phi) is 7.40. The fraction of sp³-hybridized carbons (Fsp3) is 0.435. The quantitative estimate of drug-likeness (QED) is 0.652. The van der Waals surface area contributed by atoms with Crippen LogP contribution in [0.4, 0.5) is 4.79 Å². The van der Waals surface area contributed by atoms with Crippen molar-refractivity contribution in [1.82, 2.24) is 4.90 Å². The number of rotatable bonds is 7. The zero-order chi connectivity index (χ0) is 20.8. The monoisotopic (exact) mass is 417 g/mol. The molecule has 1 fully saturated rings. The van der Waals surface area contributed by atoms with Crippen molar-refractivity contribution in [3.05, 3.63) is 64.7 Å². The zero-order valence-electron chi connectivity index (χ0n) is 16.9. The molecule has 1 heterocycles. The lowest BCUT2D eigenvalue weighted by Crippen LogP contribution is -2.51. The van der Waals surface area contributed by atoms with Gasteiger partial charge >= 0.3 is 6.09 Å². The number of methoxy groups -OCH3 is 1. The van der Waals surface area contributed by atoms with Crippen LogP contribution >= 0.6 is 11.6 Å². The Morgan fingerprint density at radius 1 is 1.14 bits per heavy atom. The first-order valence-electron chi connectivity index (χ1n) is 9.99. The van der Waals surface area contributed by atoms with Crippen LogP contribution in [0.25, 0.3) is 0 Å². The number of carbonyl (C=O) groups is 1. The molecular formula is C23H28ClNO4. The van der Waals surface area contributed by atoms with Crippen molar-refractivity contribution >= 4 is 17.7 Å². The fourth-order valence-electron chi connectivity index (χ4n) is 4.16. The predicted octanol–water partition coefficient (Wildman–Crippen LogP) is 5.43. The molecule has 0 spiro atoms. The van der Waals surface area contributed by atoms with Crippen molar-refractivity contribution < 1.29 is 19.4 Å². The van der Waals surface area contributed by atoms with E-state index in [4.69, 9.17) is 21.1 Å². The normalized spacial score (nSPS) is 21.8. The maximum absolute atomic E-state index is 11.7. The van der Waals surface area contributed by atoms with E-state index in [1.807, 2.05) is 48.5 Å². The second-order valence-corrected chi connectivity index (χ2v) is 7.95. The summed E-state index contributed by atoms with van der Waals surface area (Å²) in [5.41, 5.74) is 2.18. The first-order chi connectivity index (χ1) is 14.0. The van der Waals surface area contributed by atoms with Crippen LogP contribution in [0.1, 0.15) is 36.8 Å². The van der Waals surface area contributed by atoms with Gasteiger partial charge < -0.3 is 19.5 Å². The van der Waals surface area contributed by atoms with E-state index in [2.05, 4.69) is 6.92 Å². The van der Waals surface area contributed by atoms with Gasteiger partial charge in [0.1, 0.15) is 5.75 Å². The maximum atomic E-state index is 11.7. The molecule has 2 aromatic rings. The topological polar surface area (TPSA) is 59.0 Å². The van der Waals surface area contributed by atoms with E-state index in [0.717, 1.165) is 29.7 Å². The smallest absolute Gasteiger partial charge is 0.407 e. The highest BCUT2D eigenvalue weighted by atomic mass is 35.5. The standard InChI is InChI=1S/C23H28ClNO4/c1-3-4-18-13-25(23(26)27)14-21(22(18)17-7-9-19(24)10-8-17)29-15-16-5-11-20(28-2)12-6-16/h5-12,18,21-22H,3-4,13-15H2,1-2H3,(H,26,27). The molecule has 3 atom stereocenters. The van der Waals surface area contributed by atoms with Crippen LogP contribution in [0.15, 0.2) is 48.5 Å². The molecule has 0 aromatic heterocycles. The molecule has 29 heavy (non-hydrogen) atoms. The Labute approximate surface area is 177 Å². The lowest BCUT2D eigenvalue weighted by Gasteiger charge is -2.43. The summed E-state index contributed by atoms with van der Waals surface area (Å²) >= 11 is 6.09. The molecule has 5 nitrogen and oxygen atoms in total. The second-order valence-electron chi connectivity index (χ2n) is 7.51. The van der Waals surface area contributed by atoms with Crippen molar-refractivity contribution in [2.24, 2.45) is 5.92 Å². The van der Waals surface area contributed by atoms with Crippen LogP contribution in [0.3, 0.4) is 0 Å². The first kappa shape index (κ1) is 21.5. The summed E-state index contributed by atoms with van der Waals surface area (Å²) in [6.45, 7) is 3.44. The molecule has 1 N–H and O–H groups in total. The first-order valence-corrected chi connectivity index (χ1v) is 10.4. The SMILES string of the molecule is CCCC1CN(C(=O)O)CC(OCc2ccc(OC)cc2)C1c1ccc(Cl)cc1. The molecule has 0 radical (unpaired) electrons. The molecule has 156 valence electrons. The van der Waals surface area contributed by atoms with E-state index in [-0.39, 0.29) is 17.9 Å². The van der Waals surface area contributed by atoms with Crippen LogP contribution in [0, 0.1) is 5.92 Å². The third-order valence-electron chi connectivity index (χ3n) is 5.57. The van der Waals surface area contributed by atoms with Gasteiger partial charge in [0, 0.05) is 17.5 Å². The molecule has 6 heteroatoms. The predicted molar refractivity (Wildman–Crippen MR) is 114 cm³/mol. The summed E-state index contributed by atoms with van der Waals surface area (Å²) in [5.74, 6) is 1.12. The Morgan fingerprint density at radius 2 is 1.83 bits per heavy atom. The minimum absolute atomic E-state index is 0.126. The highest BCUT2D eigenvalue weighted by Crippen LogP contribution is 2.38. The summed E-state index contributed by atoms with van der Waals surface area (Å²) in [7, 11) is 1.64. The summed E-state index contributed by atoms with van der Waals surface area (Å²) in [4.78, 5) is 13.2. The number of halogens is 1. The Morgan fingerprint density at radius 3 is 2.41 bits per heavy atom. The van der Waals surface area contributed by atoms with Crippen LogP contribution in [-0.2, 0) is 11.3 Å². The van der Waals surface area contributed by atoms with Gasteiger partial charge in [-0.2, -0.15) is 0 Å². The number of carboxylic acid groups (broad SMARTS) is 1. The number of ether oxygens (including phenoxy) is 2. The van der Waals surface area contributed by atoms with Crippen LogP contribution < -0.4 is 4.74 Å². The number of amides is 1. The van der Waals surface area contributed by atoms with Crippen molar-refractivity contribution in [1.29, 1.82) is 0 Å². The lowest BCUT2D eigenvalue weighted by atomic mass is 9.76. The average Bonchev–Trinajstić information content (AvgIpc) is 2.73. The molecule has 0 saturated carbocycles. The van der Waals surface area contributed by atoms with Gasteiger partial charge in [0.25, 0.3) is 0 Å². The summed E-state index contributed by atoms with van der Waals surface area (Å²) < 4.78 is 11.5. The van der Waals surface area contributed by atoms with E-state index in [1.165, 1.54) is 4.90 Å². The summed E-state index contributed by atoms with van der Waals surface area (Å²) in [6, 6.07) is 15.6. The molecule has 1 aliphatic rings. The number of hydrogen-bond acceptors (Lipinski definition) is 3. The van der Waals surface area contributed by atoms with Crippen molar-refractivity contribution in [2.75, 3.05) is 20.2 Å². The molecular weight excluding hydrogens is 390 g/mol. The van der Waals surface area contributed by atoms with Gasteiger partial charge in [-0.3, -0.25) is 0 Å². The highest BCUT2D eigenvalue weighted by Gasteiger charge is 2.39. The van der Waals surface area contributed by atoms with Crippen LogP contribution in [0.2, 0.25) is 5.02 Å². The van der Waals surface area contributed by atoms with E-state index in [1.54, 1.807) is 7.11 Å². The van der Waals surface area contributed by atoms with E-state index in [9.17, 15) is 9.90 Å².